The summed E-state index contributed by atoms with van der Waals surface area (Å²) in [5, 5.41) is 16.3. The lowest BCUT2D eigenvalue weighted by atomic mass is 9.89. The van der Waals surface area contributed by atoms with E-state index in [9.17, 15) is 19.5 Å². The van der Waals surface area contributed by atoms with E-state index < -0.39 is 11.8 Å². The molecule has 0 aliphatic carbocycles. The summed E-state index contributed by atoms with van der Waals surface area (Å²) in [7, 11) is 0. The third kappa shape index (κ3) is 7.21. The molecule has 0 saturated carbocycles. The Morgan fingerprint density at radius 2 is 1.64 bits per heavy atom. The van der Waals surface area contributed by atoms with Gasteiger partial charge in [-0.3, -0.25) is 14.4 Å². The number of piperidine rings is 2. The Balaban J connectivity index is 1.25. The lowest BCUT2D eigenvalue weighted by Gasteiger charge is -2.35. The van der Waals surface area contributed by atoms with Crippen LogP contribution in [0.1, 0.15) is 64.3 Å². The molecule has 3 N–H and O–H groups in total. The van der Waals surface area contributed by atoms with Gasteiger partial charge in [-0.05, 0) is 74.7 Å². The standard InChI is InChI=1S/C31H33Cl2N5O4/c32-22-10-11-27(34-19-22)35-30(41)25-17-23(33)18-26(39)28(25)36-29(40)21-8-6-20(7-9-21)24-5-4-14-38(31(24)42)16-15-37-12-2-1-3-13-37/h6-11,17-19,24,39H,1-5,12-16H2,(H,36,40)(H,34,35,41). The minimum absolute atomic E-state index is 0.0424. The highest BCUT2D eigenvalue weighted by atomic mass is 35.5. The number of pyridine rings is 1. The van der Waals surface area contributed by atoms with Crippen LogP contribution in [0.2, 0.25) is 10.0 Å². The molecule has 0 bridgehead atoms. The van der Waals surface area contributed by atoms with Gasteiger partial charge in [0, 0.05) is 42.5 Å². The summed E-state index contributed by atoms with van der Waals surface area (Å²) in [6.07, 6.45) is 6.82. The van der Waals surface area contributed by atoms with Crippen molar-refractivity contribution in [1.29, 1.82) is 0 Å². The largest absolute Gasteiger partial charge is 0.506 e. The predicted molar refractivity (Wildman–Crippen MR) is 164 cm³/mol. The highest BCUT2D eigenvalue weighted by Gasteiger charge is 2.30. The van der Waals surface area contributed by atoms with Crippen molar-refractivity contribution in [3.8, 4) is 5.75 Å². The van der Waals surface area contributed by atoms with Gasteiger partial charge in [0.05, 0.1) is 22.2 Å². The monoisotopic (exact) mass is 609 g/mol. The number of carbonyl (C=O) groups excluding carboxylic acids is 3. The molecule has 0 radical (unpaired) electrons. The van der Waals surface area contributed by atoms with Crippen molar-refractivity contribution >= 4 is 52.4 Å². The van der Waals surface area contributed by atoms with Crippen LogP contribution < -0.4 is 10.6 Å². The molecule has 2 aliphatic rings. The summed E-state index contributed by atoms with van der Waals surface area (Å²) >= 11 is 12.0. The molecule has 9 nitrogen and oxygen atoms in total. The highest BCUT2D eigenvalue weighted by molar-refractivity contribution is 6.32. The van der Waals surface area contributed by atoms with Crippen LogP contribution in [0.3, 0.4) is 0 Å². The van der Waals surface area contributed by atoms with E-state index in [1.54, 1.807) is 30.3 Å². The molecule has 3 heterocycles. The van der Waals surface area contributed by atoms with Crippen LogP contribution in [0.4, 0.5) is 11.5 Å². The van der Waals surface area contributed by atoms with Crippen LogP contribution in [-0.2, 0) is 4.79 Å². The number of likely N-dealkylation sites (tertiary alicyclic amines) is 2. The summed E-state index contributed by atoms with van der Waals surface area (Å²) < 4.78 is 0. The quantitative estimate of drug-likeness (QED) is 0.278. The lowest BCUT2D eigenvalue weighted by molar-refractivity contribution is -0.135. The minimum Gasteiger partial charge on any atom is -0.506 e. The maximum atomic E-state index is 13.3. The molecule has 42 heavy (non-hydrogen) atoms. The maximum absolute atomic E-state index is 13.3. The fraction of sp³-hybridized carbons (Fsp3) is 0.355. The third-order valence-corrected chi connectivity index (χ3v) is 8.22. The van der Waals surface area contributed by atoms with E-state index in [-0.39, 0.29) is 39.7 Å². The molecule has 1 unspecified atom stereocenters. The van der Waals surface area contributed by atoms with Gasteiger partial charge in [-0.1, -0.05) is 41.8 Å². The Bertz CT molecular complexity index is 1440. The normalized spacial score (nSPS) is 17.6. The predicted octanol–water partition coefficient (Wildman–Crippen LogP) is 5.79. The number of halogens is 2. The van der Waals surface area contributed by atoms with Gasteiger partial charge in [0.15, 0.2) is 0 Å². The van der Waals surface area contributed by atoms with Gasteiger partial charge < -0.3 is 25.5 Å². The van der Waals surface area contributed by atoms with E-state index in [2.05, 4.69) is 20.5 Å². The highest BCUT2D eigenvalue weighted by Crippen LogP contribution is 2.33. The number of rotatable bonds is 8. The number of carbonyl (C=O) groups is 3. The Hall–Kier alpha value is -3.66. The van der Waals surface area contributed by atoms with Gasteiger partial charge in [-0.25, -0.2) is 4.98 Å². The number of amides is 3. The number of anilines is 2. The number of nitrogens with zero attached hydrogens (tertiary/aromatic N) is 3. The third-order valence-electron chi connectivity index (χ3n) is 7.78. The van der Waals surface area contributed by atoms with Crippen molar-refractivity contribution in [2.45, 2.75) is 38.0 Å². The van der Waals surface area contributed by atoms with Crippen molar-refractivity contribution in [2.75, 3.05) is 43.4 Å². The van der Waals surface area contributed by atoms with Crippen LogP contribution >= 0.6 is 23.2 Å². The molecular weight excluding hydrogens is 577 g/mol. The molecule has 5 rings (SSSR count). The van der Waals surface area contributed by atoms with Gasteiger partial charge in [0.2, 0.25) is 5.91 Å². The Kier molecular flexibility index (Phi) is 9.62. The summed E-state index contributed by atoms with van der Waals surface area (Å²) in [5.41, 5.74) is 1.04. The van der Waals surface area contributed by atoms with Crippen molar-refractivity contribution in [2.24, 2.45) is 0 Å². The Morgan fingerprint density at radius 3 is 2.36 bits per heavy atom. The first-order valence-corrected chi connectivity index (χ1v) is 14.9. The van der Waals surface area contributed by atoms with Crippen LogP contribution in [0, 0.1) is 0 Å². The Morgan fingerprint density at radius 1 is 0.881 bits per heavy atom. The second kappa shape index (κ2) is 13.5. The van der Waals surface area contributed by atoms with Gasteiger partial charge in [-0.2, -0.15) is 0 Å². The number of aromatic nitrogens is 1. The molecule has 2 fully saturated rings. The average Bonchev–Trinajstić information content (AvgIpc) is 2.99. The first kappa shape index (κ1) is 29.8. The zero-order chi connectivity index (χ0) is 29.6. The molecule has 2 aromatic carbocycles. The second-order valence-corrected chi connectivity index (χ2v) is 11.5. The molecule has 11 heteroatoms. The first-order chi connectivity index (χ1) is 20.3. The number of benzene rings is 2. The van der Waals surface area contributed by atoms with Crippen molar-refractivity contribution in [3.63, 3.8) is 0 Å². The summed E-state index contributed by atoms with van der Waals surface area (Å²) in [5.74, 6) is -1.40. The van der Waals surface area contributed by atoms with E-state index >= 15 is 0 Å². The lowest BCUT2D eigenvalue weighted by Crippen LogP contribution is -2.45. The number of hydrogen-bond donors (Lipinski definition) is 3. The molecule has 1 aromatic heterocycles. The van der Waals surface area contributed by atoms with E-state index in [0.717, 1.165) is 51.1 Å². The van der Waals surface area contributed by atoms with Gasteiger partial charge in [0.1, 0.15) is 11.6 Å². The van der Waals surface area contributed by atoms with Crippen LogP contribution in [0.25, 0.3) is 0 Å². The van der Waals surface area contributed by atoms with Gasteiger partial charge in [0.25, 0.3) is 11.8 Å². The number of aromatic hydroxyl groups is 1. The fourth-order valence-corrected chi connectivity index (χ4v) is 5.83. The van der Waals surface area contributed by atoms with E-state index in [1.165, 1.54) is 43.7 Å². The molecule has 220 valence electrons. The van der Waals surface area contributed by atoms with Crippen LogP contribution in [0.15, 0.2) is 54.7 Å². The molecule has 0 spiro atoms. The topological polar surface area (TPSA) is 115 Å². The first-order valence-electron chi connectivity index (χ1n) is 14.2. The number of phenolic OH excluding ortho intramolecular Hbond substituents is 1. The number of phenols is 1. The minimum atomic E-state index is -0.631. The SMILES string of the molecule is O=C(Nc1c(O)cc(Cl)cc1C(=O)Nc1ccc(Cl)cn1)c1ccc(C2CCCN(CCN3CCCCC3)C2=O)cc1. The van der Waals surface area contributed by atoms with E-state index in [0.29, 0.717) is 10.6 Å². The van der Waals surface area contributed by atoms with Crippen molar-refractivity contribution in [1.82, 2.24) is 14.8 Å². The van der Waals surface area contributed by atoms with Gasteiger partial charge >= 0.3 is 0 Å². The summed E-state index contributed by atoms with van der Waals surface area (Å²) in [6, 6.07) is 12.6. The van der Waals surface area contributed by atoms with Crippen molar-refractivity contribution in [3.05, 3.63) is 81.5 Å². The molecule has 1 atom stereocenters. The average molecular weight is 611 g/mol. The van der Waals surface area contributed by atoms with Gasteiger partial charge in [-0.15, -0.1) is 0 Å². The van der Waals surface area contributed by atoms with Crippen molar-refractivity contribution < 1.29 is 19.5 Å². The second-order valence-electron chi connectivity index (χ2n) is 10.7. The van der Waals surface area contributed by atoms with E-state index in [1.807, 2.05) is 4.90 Å². The van der Waals surface area contributed by atoms with E-state index in [4.69, 9.17) is 23.2 Å². The number of hydrogen-bond acceptors (Lipinski definition) is 6. The molecule has 3 amide bonds. The molecule has 3 aromatic rings. The summed E-state index contributed by atoms with van der Waals surface area (Å²) in [4.78, 5) is 47.9. The molecular formula is C31H33Cl2N5O4. The maximum Gasteiger partial charge on any atom is 0.259 e. The summed E-state index contributed by atoms with van der Waals surface area (Å²) in [6.45, 7) is 4.64. The van der Waals surface area contributed by atoms with Crippen LogP contribution in [-0.4, -0.2) is 70.3 Å². The zero-order valence-electron chi connectivity index (χ0n) is 23.1. The molecule has 2 aliphatic heterocycles. The smallest absolute Gasteiger partial charge is 0.259 e. The number of nitrogens with one attached hydrogen (secondary N) is 2. The molecule has 2 saturated heterocycles. The van der Waals surface area contributed by atoms with Crippen LogP contribution in [0.5, 0.6) is 5.75 Å². The fourth-order valence-electron chi connectivity index (χ4n) is 5.51. The zero-order valence-corrected chi connectivity index (χ0v) is 24.6. The Labute approximate surface area is 254 Å².